The number of aromatic nitrogens is 1. The highest BCUT2D eigenvalue weighted by molar-refractivity contribution is 7.89. The van der Waals surface area contributed by atoms with Gasteiger partial charge in [0.15, 0.2) is 0 Å². The number of nitrogens with one attached hydrogen (secondary N) is 1. The van der Waals surface area contributed by atoms with E-state index < -0.39 is 10.0 Å². The van der Waals surface area contributed by atoms with Crippen LogP contribution in [-0.2, 0) is 23.0 Å². The van der Waals surface area contributed by atoms with Crippen LogP contribution in [0.15, 0.2) is 6.20 Å². The van der Waals surface area contributed by atoms with E-state index in [9.17, 15) is 8.42 Å². The van der Waals surface area contributed by atoms with Crippen LogP contribution in [-0.4, -0.2) is 44.1 Å². The largest absolute Gasteiger partial charge is 0.311 e. The normalized spacial score (nSPS) is 12.2. The molecule has 0 spiro atoms. The Kier molecular flexibility index (Phi) is 5.51. The molecule has 0 aliphatic heterocycles. The van der Waals surface area contributed by atoms with E-state index in [4.69, 9.17) is 0 Å². The fourth-order valence-electron chi connectivity index (χ4n) is 1.19. The zero-order valence-corrected chi connectivity index (χ0v) is 12.1. The van der Waals surface area contributed by atoms with Crippen molar-refractivity contribution in [3.8, 4) is 0 Å². The van der Waals surface area contributed by atoms with Gasteiger partial charge in [-0.25, -0.2) is 17.7 Å². The molecule has 0 bridgehead atoms. The Morgan fingerprint density at radius 2 is 2.18 bits per heavy atom. The first-order valence-electron chi connectivity index (χ1n) is 5.50. The van der Waals surface area contributed by atoms with Crippen molar-refractivity contribution in [2.75, 3.05) is 26.4 Å². The van der Waals surface area contributed by atoms with Gasteiger partial charge in [0.05, 0.1) is 10.8 Å². The molecule has 0 aliphatic carbocycles. The van der Waals surface area contributed by atoms with E-state index in [0.717, 1.165) is 16.3 Å². The van der Waals surface area contributed by atoms with Crippen LogP contribution < -0.4 is 5.32 Å². The highest BCUT2D eigenvalue weighted by Gasteiger charge is 2.12. The summed E-state index contributed by atoms with van der Waals surface area (Å²) >= 11 is 1.66. The van der Waals surface area contributed by atoms with E-state index in [0.29, 0.717) is 13.1 Å². The molecule has 0 saturated carbocycles. The average Bonchev–Trinajstić information content (AvgIpc) is 2.72. The Balaban J connectivity index is 2.29. The fraction of sp³-hybridized carbons (Fsp3) is 0.700. The van der Waals surface area contributed by atoms with Crippen molar-refractivity contribution in [1.82, 2.24) is 14.6 Å². The van der Waals surface area contributed by atoms with Gasteiger partial charge in [0, 0.05) is 38.3 Å². The Labute approximate surface area is 107 Å². The minimum absolute atomic E-state index is 0.124. The standard InChI is InChI=1S/C10H19N3O2S2/c1-4-10-12-8-9(16-10)7-11-5-6-17(14,15)13(2)3/h8,11H,4-7H2,1-3H3. The maximum Gasteiger partial charge on any atom is 0.214 e. The maximum absolute atomic E-state index is 11.5. The van der Waals surface area contributed by atoms with Crippen molar-refractivity contribution in [2.45, 2.75) is 19.9 Å². The van der Waals surface area contributed by atoms with Gasteiger partial charge in [-0.1, -0.05) is 6.92 Å². The molecule has 0 radical (unpaired) electrons. The summed E-state index contributed by atoms with van der Waals surface area (Å²) in [5.41, 5.74) is 0. The second-order valence-corrected chi connectivity index (χ2v) is 7.35. The molecule has 0 amide bonds. The quantitative estimate of drug-likeness (QED) is 0.745. The van der Waals surface area contributed by atoms with E-state index >= 15 is 0 Å². The highest BCUT2D eigenvalue weighted by atomic mass is 32.2. The van der Waals surface area contributed by atoms with Gasteiger partial charge in [-0.2, -0.15) is 0 Å². The van der Waals surface area contributed by atoms with Crippen molar-refractivity contribution >= 4 is 21.4 Å². The molecular weight excluding hydrogens is 258 g/mol. The fourth-order valence-corrected chi connectivity index (χ4v) is 2.79. The topological polar surface area (TPSA) is 62.3 Å². The van der Waals surface area contributed by atoms with Crippen molar-refractivity contribution < 1.29 is 8.42 Å². The molecule has 7 heteroatoms. The SMILES string of the molecule is CCc1ncc(CNCCS(=O)(=O)N(C)C)s1. The second kappa shape index (κ2) is 6.44. The minimum Gasteiger partial charge on any atom is -0.311 e. The molecule has 1 aromatic rings. The Hall–Kier alpha value is -0.500. The molecule has 98 valence electrons. The molecule has 0 saturated heterocycles. The molecule has 0 atom stereocenters. The number of sulfonamides is 1. The van der Waals surface area contributed by atoms with Crippen LogP contribution >= 0.6 is 11.3 Å². The number of rotatable bonds is 7. The Morgan fingerprint density at radius 1 is 1.47 bits per heavy atom. The summed E-state index contributed by atoms with van der Waals surface area (Å²) in [5.74, 6) is 0.124. The van der Waals surface area contributed by atoms with Gasteiger partial charge < -0.3 is 5.32 Å². The molecule has 0 aromatic carbocycles. The first-order chi connectivity index (χ1) is 7.95. The lowest BCUT2D eigenvalue weighted by molar-refractivity contribution is 0.517. The molecule has 0 fully saturated rings. The molecule has 1 aromatic heterocycles. The molecule has 0 aliphatic rings. The molecule has 1 N–H and O–H groups in total. The van der Waals surface area contributed by atoms with Gasteiger partial charge in [-0.05, 0) is 6.42 Å². The third-order valence-electron chi connectivity index (χ3n) is 2.30. The van der Waals surface area contributed by atoms with E-state index in [1.165, 1.54) is 4.31 Å². The van der Waals surface area contributed by atoms with Crippen LogP contribution in [0.2, 0.25) is 0 Å². The summed E-state index contributed by atoms with van der Waals surface area (Å²) in [6, 6.07) is 0. The number of hydrogen-bond acceptors (Lipinski definition) is 5. The Bertz CT molecular complexity index is 440. The lowest BCUT2D eigenvalue weighted by Gasteiger charge is -2.11. The number of nitrogens with zero attached hydrogens (tertiary/aromatic N) is 2. The molecule has 17 heavy (non-hydrogen) atoms. The molecule has 5 nitrogen and oxygen atoms in total. The molecule has 0 unspecified atom stereocenters. The van der Waals surface area contributed by atoms with Crippen LogP contribution in [0.5, 0.6) is 0 Å². The van der Waals surface area contributed by atoms with E-state index in [1.54, 1.807) is 25.4 Å². The summed E-state index contributed by atoms with van der Waals surface area (Å²) in [6.45, 7) is 3.21. The lowest BCUT2D eigenvalue weighted by Crippen LogP contribution is -2.30. The zero-order valence-electron chi connectivity index (χ0n) is 10.4. The minimum atomic E-state index is -3.09. The van der Waals surface area contributed by atoms with Gasteiger partial charge in [0.25, 0.3) is 0 Å². The molecule has 1 heterocycles. The first-order valence-corrected chi connectivity index (χ1v) is 7.92. The third kappa shape index (κ3) is 4.71. The van der Waals surface area contributed by atoms with Crippen LogP contribution in [0, 0.1) is 0 Å². The number of aryl methyl sites for hydroxylation is 1. The first kappa shape index (κ1) is 14.6. The summed E-state index contributed by atoms with van der Waals surface area (Å²) in [6.07, 6.45) is 2.79. The monoisotopic (exact) mass is 277 g/mol. The van der Waals surface area contributed by atoms with Crippen molar-refractivity contribution in [2.24, 2.45) is 0 Å². The predicted molar refractivity (Wildman–Crippen MR) is 70.7 cm³/mol. The van der Waals surface area contributed by atoms with Gasteiger partial charge in [-0.3, -0.25) is 0 Å². The van der Waals surface area contributed by atoms with Crippen LogP contribution in [0.25, 0.3) is 0 Å². The maximum atomic E-state index is 11.5. The summed E-state index contributed by atoms with van der Waals surface area (Å²) < 4.78 is 24.2. The van der Waals surface area contributed by atoms with Crippen LogP contribution in [0.1, 0.15) is 16.8 Å². The Morgan fingerprint density at radius 3 is 2.71 bits per heavy atom. The third-order valence-corrected chi connectivity index (χ3v) is 5.27. The van der Waals surface area contributed by atoms with Crippen molar-refractivity contribution in [3.63, 3.8) is 0 Å². The lowest BCUT2D eigenvalue weighted by atomic mass is 10.5. The van der Waals surface area contributed by atoms with Crippen molar-refractivity contribution in [1.29, 1.82) is 0 Å². The summed E-state index contributed by atoms with van der Waals surface area (Å²) in [5, 5.41) is 4.23. The van der Waals surface area contributed by atoms with Crippen molar-refractivity contribution in [3.05, 3.63) is 16.1 Å². The summed E-state index contributed by atoms with van der Waals surface area (Å²) in [7, 11) is 0.00186. The van der Waals surface area contributed by atoms with Gasteiger partial charge in [0.2, 0.25) is 10.0 Å². The smallest absolute Gasteiger partial charge is 0.214 e. The van der Waals surface area contributed by atoms with E-state index in [2.05, 4.69) is 17.2 Å². The van der Waals surface area contributed by atoms with Gasteiger partial charge in [-0.15, -0.1) is 11.3 Å². The van der Waals surface area contributed by atoms with Crippen LogP contribution in [0.4, 0.5) is 0 Å². The number of hydrogen-bond donors (Lipinski definition) is 1. The van der Waals surface area contributed by atoms with Gasteiger partial charge >= 0.3 is 0 Å². The van der Waals surface area contributed by atoms with E-state index in [-0.39, 0.29) is 5.75 Å². The summed E-state index contributed by atoms with van der Waals surface area (Å²) in [4.78, 5) is 5.39. The average molecular weight is 277 g/mol. The zero-order chi connectivity index (χ0) is 12.9. The van der Waals surface area contributed by atoms with Crippen LogP contribution in [0.3, 0.4) is 0 Å². The highest BCUT2D eigenvalue weighted by Crippen LogP contribution is 2.12. The second-order valence-electron chi connectivity index (χ2n) is 3.85. The number of thiazole rings is 1. The molecular formula is C10H19N3O2S2. The van der Waals surface area contributed by atoms with Gasteiger partial charge in [0.1, 0.15) is 0 Å². The van der Waals surface area contributed by atoms with E-state index in [1.807, 2.05) is 6.20 Å². The predicted octanol–water partition coefficient (Wildman–Crippen LogP) is 0.687. The molecule has 1 rings (SSSR count).